The summed E-state index contributed by atoms with van der Waals surface area (Å²) in [5.74, 6) is -0.870. The van der Waals surface area contributed by atoms with E-state index in [-0.39, 0.29) is 30.8 Å². The van der Waals surface area contributed by atoms with Crippen LogP contribution in [0, 0.1) is 11.8 Å². The van der Waals surface area contributed by atoms with Gasteiger partial charge in [0.05, 0.1) is 18.6 Å². The molecule has 2 rings (SSSR count). The zero-order valence-electron chi connectivity index (χ0n) is 25.7. The molecular weight excluding hydrogens is 526 g/mol. The molecule has 1 aliphatic heterocycles. The van der Waals surface area contributed by atoms with Crippen molar-refractivity contribution in [1.82, 2.24) is 4.90 Å². The number of rotatable bonds is 10. The first kappa shape index (κ1) is 34.9. The van der Waals surface area contributed by atoms with Gasteiger partial charge in [-0.1, -0.05) is 56.3 Å². The molecule has 232 valence electrons. The largest absolute Gasteiger partial charge is 0.463 e. The monoisotopic (exact) mass is 577 g/mol. The Bertz CT molecular complexity index is 906. The highest BCUT2D eigenvalue weighted by Crippen LogP contribution is 2.29. The van der Waals surface area contributed by atoms with Crippen molar-refractivity contribution in [1.29, 1.82) is 0 Å². The van der Waals surface area contributed by atoms with E-state index >= 15 is 0 Å². The summed E-state index contributed by atoms with van der Waals surface area (Å²) in [4.78, 5) is 27.4. The Kier molecular flexibility index (Phi) is 16.2. The summed E-state index contributed by atoms with van der Waals surface area (Å²) in [6.45, 7) is 7.40. The Morgan fingerprint density at radius 2 is 1.83 bits per heavy atom. The van der Waals surface area contributed by atoms with Gasteiger partial charge in [-0.2, -0.15) is 0 Å². The number of esters is 2. The Labute approximate surface area is 246 Å². The molecule has 6 atom stereocenters. The number of aliphatic hydroxyl groups is 1. The predicted molar refractivity (Wildman–Crippen MR) is 158 cm³/mol. The Hall–Kier alpha value is -2.30. The van der Waals surface area contributed by atoms with Gasteiger partial charge in [-0.15, -0.1) is 0 Å². The van der Waals surface area contributed by atoms with E-state index in [4.69, 9.17) is 23.7 Å². The number of cyclic esters (lactones) is 1. The fourth-order valence-corrected chi connectivity index (χ4v) is 5.23. The fourth-order valence-electron chi connectivity index (χ4n) is 5.23. The third-order valence-electron chi connectivity index (χ3n) is 7.74. The highest BCUT2D eigenvalue weighted by atomic mass is 16.7. The SMILES string of the molecule is CCC(=O)OC1CC(=O)OC(C)CCN(C/C=C/c2ccccc2)CC(O)C(C)CC(CC(OC)OC)CC1OC. The molecule has 0 bridgehead atoms. The first-order chi connectivity index (χ1) is 19.7. The van der Waals surface area contributed by atoms with Crippen LogP contribution >= 0.6 is 0 Å². The summed E-state index contributed by atoms with van der Waals surface area (Å²) >= 11 is 0. The zero-order valence-corrected chi connectivity index (χ0v) is 25.7. The molecule has 9 nitrogen and oxygen atoms in total. The van der Waals surface area contributed by atoms with Gasteiger partial charge in [0, 0.05) is 53.8 Å². The number of benzene rings is 1. The van der Waals surface area contributed by atoms with Crippen LogP contribution < -0.4 is 0 Å². The van der Waals surface area contributed by atoms with Crippen molar-refractivity contribution in [3.63, 3.8) is 0 Å². The van der Waals surface area contributed by atoms with Crippen LogP contribution in [0.1, 0.15) is 64.9 Å². The first-order valence-corrected chi connectivity index (χ1v) is 14.8. The van der Waals surface area contributed by atoms with E-state index in [1.54, 1.807) is 28.3 Å². The van der Waals surface area contributed by atoms with Crippen molar-refractivity contribution in [2.45, 2.75) is 90.0 Å². The average molecular weight is 578 g/mol. The highest BCUT2D eigenvalue weighted by Gasteiger charge is 2.33. The normalized spacial score (nSPS) is 27.8. The maximum absolute atomic E-state index is 13.0. The molecular formula is C32H51NO8. The summed E-state index contributed by atoms with van der Waals surface area (Å²) in [6, 6.07) is 10.1. The molecule has 1 fully saturated rings. The lowest BCUT2D eigenvalue weighted by atomic mass is 9.84. The predicted octanol–water partition coefficient (Wildman–Crippen LogP) is 4.47. The van der Waals surface area contributed by atoms with Gasteiger partial charge < -0.3 is 28.8 Å². The number of nitrogens with zero attached hydrogens (tertiary/aromatic N) is 1. The minimum atomic E-state index is -0.789. The number of carbonyl (C=O) groups excluding carboxylic acids is 2. The smallest absolute Gasteiger partial charge is 0.309 e. The molecule has 1 aromatic rings. The molecule has 0 amide bonds. The lowest BCUT2D eigenvalue weighted by Gasteiger charge is -2.33. The van der Waals surface area contributed by atoms with Gasteiger partial charge in [-0.3, -0.25) is 14.5 Å². The van der Waals surface area contributed by atoms with Gasteiger partial charge >= 0.3 is 11.9 Å². The Morgan fingerprint density at radius 1 is 1.12 bits per heavy atom. The van der Waals surface area contributed by atoms with E-state index in [1.165, 1.54) is 0 Å². The van der Waals surface area contributed by atoms with E-state index in [0.717, 1.165) is 5.56 Å². The zero-order chi connectivity index (χ0) is 30.2. The minimum Gasteiger partial charge on any atom is -0.463 e. The van der Waals surface area contributed by atoms with E-state index < -0.39 is 36.5 Å². The average Bonchev–Trinajstić information content (AvgIpc) is 2.96. The number of β-amino-alcohol motifs (C(OH)–C–C–N with tert-alkyl or cyclic N) is 1. The Balaban J connectivity index is 2.31. The van der Waals surface area contributed by atoms with E-state index in [0.29, 0.717) is 45.3 Å². The first-order valence-electron chi connectivity index (χ1n) is 14.8. The second-order valence-electron chi connectivity index (χ2n) is 11.0. The van der Waals surface area contributed by atoms with E-state index in [9.17, 15) is 14.7 Å². The molecule has 41 heavy (non-hydrogen) atoms. The number of carbonyl (C=O) groups is 2. The third kappa shape index (κ3) is 13.0. The van der Waals surface area contributed by atoms with Crippen LogP contribution in [-0.4, -0.2) is 93.6 Å². The molecule has 1 N–H and O–H groups in total. The van der Waals surface area contributed by atoms with Crippen LogP contribution in [-0.2, 0) is 33.3 Å². The molecule has 1 heterocycles. The van der Waals surface area contributed by atoms with E-state index in [1.807, 2.05) is 44.2 Å². The summed E-state index contributed by atoms with van der Waals surface area (Å²) in [5.41, 5.74) is 1.11. The van der Waals surface area contributed by atoms with Gasteiger partial charge in [-0.25, -0.2) is 0 Å². The second-order valence-corrected chi connectivity index (χ2v) is 11.0. The van der Waals surface area contributed by atoms with Crippen molar-refractivity contribution in [2.75, 3.05) is 41.0 Å². The van der Waals surface area contributed by atoms with Crippen molar-refractivity contribution < 1.29 is 38.4 Å². The maximum Gasteiger partial charge on any atom is 0.309 e. The second kappa shape index (κ2) is 19.0. The molecule has 0 saturated carbocycles. The van der Waals surface area contributed by atoms with Crippen LogP contribution in [0.4, 0.5) is 0 Å². The summed E-state index contributed by atoms with van der Waals surface area (Å²) in [6.07, 6.45) is 3.90. The molecule has 0 aliphatic carbocycles. The topological polar surface area (TPSA) is 104 Å². The number of hydrogen-bond acceptors (Lipinski definition) is 9. The van der Waals surface area contributed by atoms with Crippen LogP contribution in [0.3, 0.4) is 0 Å². The lowest BCUT2D eigenvalue weighted by Crippen LogP contribution is -2.39. The maximum atomic E-state index is 13.0. The van der Waals surface area contributed by atoms with Gasteiger partial charge in [0.15, 0.2) is 6.29 Å². The molecule has 9 heteroatoms. The molecule has 1 aliphatic rings. The number of hydrogen-bond donors (Lipinski definition) is 1. The Morgan fingerprint density at radius 3 is 2.46 bits per heavy atom. The number of aliphatic hydroxyl groups excluding tert-OH is 1. The van der Waals surface area contributed by atoms with Gasteiger partial charge in [0.2, 0.25) is 0 Å². The van der Waals surface area contributed by atoms with Crippen molar-refractivity contribution in [2.24, 2.45) is 11.8 Å². The number of methoxy groups -OCH3 is 3. The summed E-state index contributed by atoms with van der Waals surface area (Å²) < 4.78 is 28.2. The van der Waals surface area contributed by atoms with Gasteiger partial charge in [0.1, 0.15) is 12.2 Å². The quantitative estimate of drug-likeness (QED) is 0.319. The van der Waals surface area contributed by atoms with Crippen LogP contribution in [0.2, 0.25) is 0 Å². The summed E-state index contributed by atoms with van der Waals surface area (Å²) in [7, 11) is 4.74. The molecule has 0 aromatic heterocycles. The van der Waals surface area contributed by atoms with Crippen molar-refractivity contribution in [3.05, 3.63) is 42.0 Å². The third-order valence-corrected chi connectivity index (χ3v) is 7.74. The molecule has 1 aromatic carbocycles. The highest BCUT2D eigenvalue weighted by molar-refractivity contribution is 5.72. The minimum absolute atomic E-state index is 0.00354. The lowest BCUT2D eigenvalue weighted by molar-refractivity contribution is -0.166. The van der Waals surface area contributed by atoms with Crippen molar-refractivity contribution >= 4 is 18.0 Å². The molecule has 1 saturated heterocycles. The fraction of sp³-hybridized carbons (Fsp3) is 0.688. The van der Waals surface area contributed by atoms with E-state index in [2.05, 4.69) is 17.1 Å². The van der Waals surface area contributed by atoms with Gasteiger partial charge in [0.25, 0.3) is 0 Å². The molecule has 6 unspecified atom stereocenters. The van der Waals surface area contributed by atoms with Crippen LogP contribution in [0.25, 0.3) is 6.08 Å². The molecule has 0 radical (unpaired) electrons. The van der Waals surface area contributed by atoms with Crippen LogP contribution in [0.5, 0.6) is 0 Å². The molecule has 0 spiro atoms. The summed E-state index contributed by atoms with van der Waals surface area (Å²) in [5, 5.41) is 11.3. The number of ether oxygens (including phenoxy) is 5. The standard InChI is InChI=1S/C32H51NO8/c1-7-30(35)41-29-21-31(36)40-24(3)15-17-33(16-11-14-25-12-9-8-10-13-25)22-27(34)23(2)18-26(19-28(29)37-4)20-32(38-5)39-6/h8-14,23-24,26-29,32,34H,7,15-22H2,1-6H3/b14-11+. The van der Waals surface area contributed by atoms with Crippen molar-refractivity contribution in [3.8, 4) is 0 Å². The van der Waals surface area contributed by atoms with Crippen LogP contribution in [0.15, 0.2) is 36.4 Å². The van der Waals surface area contributed by atoms with Gasteiger partial charge in [-0.05, 0) is 43.6 Å².